The Hall–Kier alpha value is -3.57. The average Bonchev–Trinajstić information content (AvgIpc) is 3.21. The summed E-state index contributed by atoms with van der Waals surface area (Å²) in [5, 5.41) is 0.886. The second-order valence-corrected chi connectivity index (χ2v) is 6.85. The number of carbonyl (C=O) groups is 7. The van der Waals surface area contributed by atoms with E-state index in [1.807, 2.05) is 0 Å². The highest BCUT2D eigenvalue weighted by molar-refractivity contribution is 6.02. The van der Waals surface area contributed by atoms with Gasteiger partial charge in [-0.2, -0.15) is 0 Å². The third-order valence-electron chi connectivity index (χ3n) is 4.28. The molecule has 0 spiro atoms. The van der Waals surface area contributed by atoms with Gasteiger partial charge in [-0.25, -0.2) is 9.59 Å². The fraction of sp³-hybridized carbons (Fsp3) is 0.526. The summed E-state index contributed by atoms with van der Waals surface area (Å²) < 4.78 is 4.97. The molecule has 0 aliphatic carbocycles. The third-order valence-corrected chi connectivity index (χ3v) is 4.28. The Labute approximate surface area is 177 Å². The molecule has 0 unspecified atom stereocenters. The van der Waals surface area contributed by atoms with E-state index in [1.165, 1.54) is 0 Å². The molecule has 0 N–H and O–H groups in total. The monoisotopic (exact) mass is 438 g/mol. The lowest BCUT2D eigenvalue weighted by atomic mass is 10.2. The van der Waals surface area contributed by atoms with Gasteiger partial charge in [-0.05, 0) is 18.4 Å². The number of hydrogen-bond acceptors (Lipinski definition) is 10. The van der Waals surface area contributed by atoms with Crippen molar-refractivity contribution < 1.29 is 48.0 Å². The van der Waals surface area contributed by atoms with Crippen LogP contribution in [0.25, 0.3) is 0 Å². The number of rotatable bonds is 11. The molecule has 2 aliphatic heterocycles. The van der Waals surface area contributed by atoms with Gasteiger partial charge >= 0.3 is 17.9 Å². The predicted octanol–water partition coefficient (Wildman–Crippen LogP) is 0.251. The highest BCUT2D eigenvalue weighted by atomic mass is 16.7. The molecule has 0 atom stereocenters. The summed E-state index contributed by atoms with van der Waals surface area (Å²) >= 11 is 0. The van der Waals surface area contributed by atoms with E-state index in [1.54, 1.807) is 0 Å². The number of amides is 4. The first-order chi connectivity index (χ1) is 14.7. The lowest BCUT2D eigenvalue weighted by Gasteiger charge is -2.13. The van der Waals surface area contributed by atoms with Crippen molar-refractivity contribution in [2.45, 2.75) is 57.8 Å². The number of esters is 1. The molecule has 2 fully saturated rings. The van der Waals surface area contributed by atoms with Crippen LogP contribution in [-0.2, 0) is 48.0 Å². The van der Waals surface area contributed by atoms with Crippen LogP contribution in [0.3, 0.4) is 0 Å². The van der Waals surface area contributed by atoms with Crippen LogP contribution in [0.4, 0.5) is 0 Å². The topological polar surface area (TPSA) is 154 Å². The van der Waals surface area contributed by atoms with Gasteiger partial charge in [-0.15, -0.1) is 10.1 Å². The van der Waals surface area contributed by atoms with Crippen molar-refractivity contribution >= 4 is 41.5 Å². The lowest BCUT2D eigenvalue weighted by molar-refractivity contribution is -0.197. The summed E-state index contributed by atoms with van der Waals surface area (Å²) in [5.74, 6) is -4.53. The molecule has 2 aliphatic rings. The van der Waals surface area contributed by atoms with E-state index in [2.05, 4.69) is 11.4 Å². The Morgan fingerprint density at radius 1 is 0.677 bits per heavy atom. The van der Waals surface area contributed by atoms with Crippen molar-refractivity contribution in [2.75, 3.05) is 6.61 Å². The van der Waals surface area contributed by atoms with Gasteiger partial charge in [0.1, 0.15) is 6.61 Å². The van der Waals surface area contributed by atoms with Gasteiger partial charge in [0, 0.05) is 38.5 Å². The quantitative estimate of drug-likeness (QED) is 0.249. The molecule has 2 rings (SSSR count). The van der Waals surface area contributed by atoms with E-state index < -0.39 is 41.5 Å². The van der Waals surface area contributed by atoms with E-state index in [4.69, 9.17) is 9.57 Å². The summed E-state index contributed by atoms with van der Waals surface area (Å²) in [5.41, 5.74) is 0.412. The van der Waals surface area contributed by atoms with Crippen LogP contribution in [0.1, 0.15) is 57.8 Å². The number of hydroxylamine groups is 4. The molecule has 0 radical (unpaired) electrons. The summed E-state index contributed by atoms with van der Waals surface area (Å²) in [6.45, 7) is 3.51. The zero-order valence-electron chi connectivity index (χ0n) is 16.8. The Bertz CT molecular complexity index is 787. The summed E-state index contributed by atoms with van der Waals surface area (Å²) in [4.78, 5) is 89.8. The fourth-order valence-corrected chi connectivity index (χ4v) is 2.59. The van der Waals surface area contributed by atoms with Crippen molar-refractivity contribution in [1.82, 2.24) is 10.1 Å². The van der Waals surface area contributed by atoms with Crippen LogP contribution in [-0.4, -0.2) is 58.3 Å². The van der Waals surface area contributed by atoms with Crippen LogP contribution < -0.4 is 0 Å². The van der Waals surface area contributed by atoms with Crippen LogP contribution in [0.15, 0.2) is 12.2 Å². The normalized spacial score (nSPS) is 16.0. The molecular weight excluding hydrogens is 416 g/mol. The summed E-state index contributed by atoms with van der Waals surface area (Å²) in [6, 6.07) is 0. The van der Waals surface area contributed by atoms with Crippen molar-refractivity contribution in [1.29, 1.82) is 0 Å². The minimum Gasteiger partial charge on any atom is -0.461 e. The molecule has 0 aromatic rings. The Morgan fingerprint density at radius 3 is 1.58 bits per heavy atom. The zero-order valence-corrected chi connectivity index (χ0v) is 16.8. The van der Waals surface area contributed by atoms with Gasteiger partial charge in [0.15, 0.2) is 0 Å². The molecule has 2 saturated heterocycles. The third kappa shape index (κ3) is 7.32. The van der Waals surface area contributed by atoms with Gasteiger partial charge in [0.05, 0.1) is 6.42 Å². The standard InChI is InChI=1S/C19H22N2O10/c1-12(5-10-19(28)31-21-15(24)8-9-16(21)25)11-29-17(26)3-2-4-18(27)30-20-13(22)6-7-14(20)23/h1-11H2. The molecule has 12 heteroatoms. The minimum absolute atomic E-state index is 0.000992. The van der Waals surface area contributed by atoms with Gasteiger partial charge in [0.25, 0.3) is 23.6 Å². The van der Waals surface area contributed by atoms with Crippen molar-refractivity contribution in [3.05, 3.63) is 12.2 Å². The Kier molecular flexibility index (Phi) is 8.41. The smallest absolute Gasteiger partial charge is 0.333 e. The minimum atomic E-state index is -0.811. The maximum atomic E-state index is 11.7. The number of nitrogens with zero attached hydrogens (tertiary/aromatic N) is 2. The van der Waals surface area contributed by atoms with Gasteiger partial charge in [-0.1, -0.05) is 6.58 Å². The first-order valence-corrected chi connectivity index (χ1v) is 9.63. The van der Waals surface area contributed by atoms with Crippen molar-refractivity contribution in [2.24, 2.45) is 0 Å². The second-order valence-electron chi connectivity index (χ2n) is 6.85. The maximum absolute atomic E-state index is 11.7. The van der Waals surface area contributed by atoms with E-state index in [-0.39, 0.29) is 64.4 Å². The van der Waals surface area contributed by atoms with Gasteiger partial charge in [-0.3, -0.25) is 24.0 Å². The molecule has 2 heterocycles. The maximum Gasteiger partial charge on any atom is 0.333 e. The Balaban J connectivity index is 1.55. The second kappa shape index (κ2) is 11.0. The molecule has 0 aromatic carbocycles. The van der Waals surface area contributed by atoms with E-state index in [0.717, 1.165) is 0 Å². The lowest BCUT2D eigenvalue weighted by Crippen LogP contribution is -2.32. The van der Waals surface area contributed by atoms with Crippen LogP contribution in [0.2, 0.25) is 0 Å². The van der Waals surface area contributed by atoms with Gasteiger partial charge < -0.3 is 14.4 Å². The molecule has 0 bridgehead atoms. The summed E-state index contributed by atoms with van der Waals surface area (Å²) in [6.07, 6.45) is -0.256. The molecule has 0 aromatic heterocycles. The first-order valence-electron chi connectivity index (χ1n) is 9.63. The number of ether oxygens (including phenoxy) is 1. The predicted molar refractivity (Wildman–Crippen MR) is 97.5 cm³/mol. The Morgan fingerprint density at radius 2 is 1.10 bits per heavy atom. The molecular formula is C19H22N2O10. The van der Waals surface area contributed by atoms with Crippen molar-refractivity contribution in [3.8, 4) is 0 Å². The fourth-order valence-electron chi connectivity index (χ4n) is 2.59. The van der Waals surface area contributed by atoms with E-state index in [9.17, 15) is 33.6 Å². The average molecular weight is 438 g/mol. The largest absolute Gasteiger partial charge is 0.461 e. The number of imide groups is 2. The van der Waals surface area contributed by atoms with Crippen LogP contribution in [0.5, 0.6) is 0 Å². The summed E-state index contributed by atoms with van der Waals surface area (Å²) in [7, 11) is 0. The molecule has 31 heavy (non-hydrogen) atoms. The SMILES string of the molecule is C=C(CCC(=O)ON1C(=O)CCC1=O)COC(=O)CCCC(=O)ON1C(=O)CCC1=O. The molecule has 12 nitrogen and oxygen atoms in total. The zero-order chi connectivity index (χ0) is 23.0. The molecule has 4 amide bonds. The highest BCUT2D eigenvalue weighted by Crippen LogP contribution is 2.15. The molecule has 168 valence electrons. The molecule has 0 saturated carbocycles. The van der Waals surface area contributed by atoms with Crippen LogP contribution >= 0.6 is 0 Å². The number of hydrogen-bond donors (Lipinski definition) is 0. The van der Waals surface area contributed by atoms with Gasteiger partial charge in [0.2, 0.25) is 0 Å². The number of carbonyl (C=O) groups excluding carboxylic acids is 7. The first kappa shape index (κ1) is 23.7. The van der Waals surface area contributed by atoms with Crippen LogP contribution in [0, 0.1) is 0 Å². The van der Waals surface area contributed by atoms with E-state index in [0.29, 0.717) is 15.7 Å². The van der Waals surface area contributed by atoms with Crippen molar-refractivity contribution in [3.63, 3.8) is 0 Å². The van der Waals surface area contributed by atoms with E-state index >= 15 is 0 Å². The highest BCUT2D eigenvalue weighted by Gasteiger charge is 2.33.